The minimum absolute atomic E-state index is 0.161. The maximum atomic E-state index is 7.06. The number of benzene rings is 9. The first-order chi connectivity index (χ1) is 29.6. The van der Waals surface area contributed by atoms with E-state index in [4.69, 9.17) is 67.2 Å². The lowest BCUT2D eigenvalue weighted by atomic mass is 9.59. The van der Waals surface area contributed by atoms with E-state index >= 15 is 0 Å². The normalized spacial score (nSPS) is 11.5. The van der Waals surface area contributed by atoms with Crippen molar-refractivity contribution in [3.05, 3.63) is 158 Å². The first-order valence-corrected chi connectivity index (χ1v) is 19.8. The van der Waals surface area contributed by atoms with Crippen molar-refractivity contribution < 1.29 is 4.42 Å². The van der Waals surface area contributed by atoms with Gasteiger partial charge in [-0.25, -0.2) is 0 Å². The highest BCUT2D eigenvalue weighted by Gasteiger charge is 2.25. The summed E-state index contributed by atoms with van der Waals surface area (Å²) in [6.07, 6.45) is 0. The van der Waals surface area contributed by atoms with Crippen molar-refractivity contribution >= 4 is 139 Å². The van der Waals surface area contributed by atoms with Crippen molar-refractivity contribution in [3.63, 3.8) is 0 Å². The van der Waals surface area contributed by atoms with Crippen molar-refractivity contribution in [2.24, 2.45) is 0 Å². The largest absolute Gasteiger partial charge is 0.456 e. The van der Waals surface area contributed by atoms with Crippen LogP contribution >= 0.6 is 0 Å². The van der Waals surface area contributed by atoms with Gasteiger partial charge in [0.15, 0.2) is 0 Å². The van der Waals surface area contributed by atoms with E-state index in [9.17, 15) is 0 Å². The molecule has 0 atom stereocenters. The third-order valence-electron chi connectivity index (χ3n) is 11.9. The van der Waals surface area contributed by atoms with Crippen molar-refractivity contribution in [2.45, 2.75) is 0 Å². The Kier molecular flexibility index (Phi) is 9.67. The lowest BCUT2D eigenvalue weighted by Gasteiger charge is -2.28. The first kappa shape index (κ1) is 38.7. The predicted molar refractivity (Wildman–Crippen MR) is 267 cm³/mol. The Balaban J connectivity index is 1.24. The zero-order valence-corrected chi connectivity index (χ0v) is 33.0. The smallest absolute Gasteiger partial charge is 0.136 e. The van der Waals surface area contributed by atoms with Crippen LogP contribution in [0.2, 0.25) is 0 Å². The highest BCUT2D eigenvalue weighted by Crippen LogP contribution is 2.43. The van der Waals surface area contributed by atoms with Gasteiger partial charge in [-0.1, -0.05) is 161 Å². The molecule has 0 bridgehead atoms. The molecular formula is C52H26B8O. The van der Waals surface area contributed by atoms with Crippen LogP contribution in [-0.4, -0.2) is 62.8 Å². The van der Waals surface area contributed by atoms with Gasteiger partial charge in [0, 0.05) is 10.9 Å². The molecule has 0 amide bonds. The summed E-state index contributed by atoms with van der Waals surface area (Å²) >= 11 is 0. The molecule has 9 heteroatoms. The monoisotopic (exact) mass is 754 g/mol. The third kappa shape index (κ3) is 6.28. The molecule has 0 unspecified atom stereocenters. The predicted octanol–water partition coefficient (Wildman–Crippen LogP) is 5.09. The van der Waals surface area contributed by atoms with Crippen LogP contribution in [0.4, 0.5) is 0 Å². The van der Waals surface area contributed by atoms with Gasteiger partial charge in [0.1, 0.15) is 74.1 Å². The molecule has 16 radical (unpaired) electrons. The zero-order valence-electron chi connectivity index (χ0n) is 33.0. The number of rotatable bonds is 6. The highest BCUT2D eigenvalue weighted by molar-refractivity contribution is 6.71. The van der Waals surface area contributed by atoms with Crippen LogP contribution in [-0.2, 0) is 0 Å². The topological polar surface area (TPSA) is 13.1 Å². The van der Waals surface area contributed by atoms with Gasteiger partial charge in [-0.2, -0.15) is 0 Å². The lowest BCUT2D eigenvalue weighted by molar-refractivity contribution is 0.632. The Labute approximate surface area is 366 Å². The maximum Gasteiger partial charge on any atom is 0.136 e. The minimum atomic E-state index is 0.161. The number of hydrogen-bond donors (Lipinski definition) is 0. The molecule has 1 aromatic heterocycles. The number of furan rings is 1. The molecule has 264 valence electrons. The molecule has 0 saturated heterocycles. The Morgan fingerprint density at radius 2 is 0.689 bits per heavy atom. The van der Waals surface area contributed by atoms with Crippen LogP contribution in [0.5, 0.6) is 0 Å². The number of hydrogen-bond acceptors (Lipinski definition) is 1. The van der Waals surface area contributed by atoms with Crippen molar-refractivity contribution in [1.29, 1.82) is 0 Å². The van der Waals surface area contributed by atoms with Crippen LogP contribution in [0.15, 0.2) is 162 Å². The molecule has 10 aromatic rings. The van der Waals surface area contributed by atoms with E-state index in [0.29, 0.717) is 32.7 Å². The van der Waals surface area contributed by atoms with Gasteiger partial charge in [0.2, 0.25) is 0 Å². The second-order valence-corrected chi connectivity index (χ2v) is 15.3. The fraction of sp³-hybridized carbons (Fsp3) is 0. The summed E-state index contributed by atoms with van der Waals surface area (Å²) in [6.45, 7) is 0. The summed E-state index contributed by atoms with van der Waals surface area (Å²) in [5, 5.41) is 3.21. The molecule has 0 spiro atoms. The van der Waals surface area contributed by atoms with E-state index in [2.05, 4.69) is 60.7 Å². The fourth-order valence-corrected chi connectivity index (χ4v) is 8.84. The molecule has 1 heterocycles. The van der Waals surface area contributed by atoms with Crippen LogP contribution in [0.3, 0.4) is 0 Å². The van der Waals surface area contributed by atoms with Gasteiger partial charge < -0.3 is 4.42 Å². The van der Waals surface area contributed by atoms with Crippen molar-refractivity contribution in [3.8, 4) is 67.0 Å². The van der Waals surface area contributed by atoms with Gasteiger partial charge in [-0.05, 0) is 95.4 Å². The number of fused-ring (bicyclic) bond motifs is 3. The van der Waals surface area contributed by atoms with Crippen LogP contribution < -0.4 is 43.7 Å². The van der Waals surface area contributed by atoms with E-state index in [0.717, 1.165) is 66.8 Å². The van der Waals surface area contributed by atoms with Crippen molar-refractivity contribution in [2.75, 3.05) is 0 Å². The summed E-state index contributed by atoms with van der Waals surface area (Å²) in [5.74, 6) is 0.759. The SMILES string of the molecule is [B]c1c([B])c([B])c2c(-c3cccc(-c4cccc5oc(-c6ccccc6-c6ccccc6)cc45)c3)c3c([B])c([B])c([B])c([B])c3c(-c3ccc(-c4ccccc4)cc3)c2c1[B]. The summed E-state index contributed by atoms with van der Waals surface area (Å²) < 4.78 is 6.59. The molecule has 0 aliphatic heterocycles. The molecule has 0 N–H and O–H groups in total. The van der Waals surface area contributed by atoms with E-state index in [1.54, 1.807) is 0 Å². The van der Waals surface area contributed by atoms with Crippen LogP contribution in [0.25, 0.3) is 99.5 Å². The van der Waals surface area contributed by atoms with Crippen LogP contribution in [0, 0.1) is 0 Å². The zero-order chi connectivity index (χ0) is 42.1. The van der Waals surface area contributed by atoms with Gasteiger partial charge in [-0.15, -0.1) is 21.9 Å². The highest BCUT2D eigenvalue weighted by atomic mass is 16.3. The molecule has 10 rings (SSSR count). The maximum absolute atomic E-state index is 7.06. The Morgan fingerprint density at radius 1 is 0.279 bits per heavy atom. The van der Waals surface area contributed by atoms with Gasteiger partial charge in [-0.3, -0.25) is 0 Å². The molecule has 61 heavy (non-hydrogen) atoms. The first-order valence-electron chi connectivity index (χ1n) is 19.8. The molecule has 0 fully saturated rings. The van der Waals surface area contributed by atoms with Crippen molar-refractivity contribution in [1.82, 2.24) is 0 Å². The molecule has 0 saturated carbocycles. The summed E-state index contributed by atoms with van der Waals surface area (Å²) in [4.78, 5) is 0. The second kappa shape index (κ2) is 15.2. The molecule has 0 aliphatic carbocycles. The summed E-state index contributed by atoms with van der Waals surface area (Å²) in [5.41, 5.74) is 12.4. The average Bonchev–Trinajstić information content (AvgIpc) is 3.76. The quantitative estimate of drug-likeness (QED) is 0.171. The van der Waals surface area contributed by atoms with Gasteiger partial charge in [0.05, 0.1) is 0 Å². The van der Waals surface area contributed by atoms with E-state index in [-0.39, 0.29) is 43.7 Å². The molecule has 1 nitrogen and oxygen atoms in total. The molecule has 0 aliphatic rings. The molecular weight excluding hydrogens is 727 g/mol. The second-order valence-electron chi connectivity index (χ2n) is 15.3. The van der Waals surface area contributed by atoms with Crippen LogP contribution in [0.1, 0.15) is 0 Å². The Hall–Kier alpha value is -6.44. The average molecular weight is 753 g/mol. The van der Waals surface area contributed by atoms with Gasteiger partial charge >= 0.3 is 0 Å². The van der Waals surface area contributed by atoms with Gasteiger partial charge in [0.25, 0.3) is 0 Å². The molecule has 9 aromatic carbocycles. The van der Waals surface area contributed by atoms with E-state index < -0.39 is 0 Å². The summed E-state index contributed by atoms with van der Waals surface area (Å²) in [6, 6.07) is 53.1. The Morgan fingerprint density at radius 3 is 1.26 bits per heavy atom. The minimum Gasteiger partial charge on any atom is -0.456 e. The lowest BCUT2D eigenvalue weighted by Crippen LogP contribution is -2.50. The summed E-state index contributed by atoms with van der Waals surface area (Å²) in [7, 11) is 54.8. The standard InChI is InChI=1S/C52H26B8O/c53-45-41-39(30-23-21-28(22-24-30)27-11-3-1-4-12-27)42-44(48(56)52(60)50(58)46(42)54)40(43(41)47(55)51(59)49(45)57)32-16-9-15-31(25-32)34-19-10-20-37-36(34)26-38(61-37)35-18-8-7-17-33(35)29-13-5-2-6-14-29/h1-26H. The van der Waals surface area contributed by atoms with E-state index in [1.807, 2.05) is 97.1 Å². The third-order valence-corrected chi connectivity index (χ3v) is 11.9. The van der Waals surface area contributed by atoms with E-state index in [1.165, 1.54) is 0 Å². The fourth-order valence-electron chi connectivity index (χ4n) is 8.84. The Bertz CT molecular complexity index is 3300.